The van der Waals surface area contributed by atoms with Crippen LogP contribution in [0.15, 0.2) is 55.1 Å². The fourth-order valence-corrected chi connectivity index (χ4v) is 3.17. The predicted octanol–water partition coefficient (Wildman–Crippen LogP) is 2.17. The molecule has 1 aliphatic rings. The van der Waals surface area contributed by atoms with Gasteiger partial charge >= 0.3 is 0 Å². The van der Waals surface area contributed by atoms with Crippen molar-refractivity contribution in [1.82, 2.24) is 25.1 Å². The van der Waals surface area contributed by atoms with E-state index in [4.69, 9.17) is 0 Å². The van der Waals surface area contributed by atoms with Gasteiger partial charge in [0.05, 0.1) is 23.7 Å². The molecule has 0 bridgehead atoms. The van der Waals surface area contributed by atoms with E-state index >= 15 is 0 Å². The third-order valence-electron chi connectivity index (χ3n) is 4.45. The maximum absolute atomic E-state index is 12.7. The van der Waals surface area contributed by atoms with E-state index in [-0.39, 0.29) is 5.91 Å². The number of hydrogen-bond acceptors (Lipinski definition) is 5. The highest BCUT2D eigenvalue weighted by Crippen LogP contribution is 2.25. The van der Waals surface area contributed by atoms with Gasteiger partial charge in [-0.3, -0.25) is 4.79 Å². The SMILES string of the molecule is O=C(c1ccnnc1)N1CCc2ncnc(-c3ccccc3)c2CC1. The van der Waals surface area contributed by atoms with Gasteiger partial charge in [-0.15, -0.1) is 0 Å². The summed E-state index contributed by atoms with van der Waals surface area (Å²) >= 11 is 0. The number of carbonyl (C=O) groups is 1. The van der Waals surface area contributed by atoms with Crippen molar-refractivity contribution in [3.8, 4) is 11.3 Å². The first kappa shape index (κ1) is 15.4. The third-order valence-corrected chi connectivity index (χ3v) is 4.45. The average Bonchev–Trinajstić information content (AvgIpc) is 2.91. The summed E-state index contributed by atoms with van der Waals surface area (Å²) in [5.41, 5.74) is 4.77. The van der Waals surface area contributed by atoms with Gasteiger partial charge in [-0.2, -0.15) is 10.2 Å². The molecule has 6 heteroatoms. The lowest BCUT2D eigenvalue weighted by Crippen LogP contribution is -2.33. The maximum Gasteiger partial charge on any atom is 0.255 e. The van der Waals surface area contributed by atoms with Crippen molar-refractivity contribution >= 4 is 5.91 Å². The van der Waals surface area contributed by atoms with Crippen LogP contribution in [0.4, 0.5) is 0 Å². The number of aromatic nitrogens is 4. The summed E-state index contributed by atoms with van der Waals surface area (Å²) in [4.78, 5) is 23.5. The number of fused-ring (bicyclic) bond motifs is 1. The number of benzene rings is 1. The molecule has 3 aromatic rings. The maximum atomic E-state index is 12.7. The quantitative estimate of drug-likeness (QED) is 0.720. The molecular formula is C19H17N5O. The lowest BCUT2D eigenvalue weighted by atomic mass is 10.0. The molecule has 0 atom stereocenters. The molecule has 0 fully saturated rings. The minimum atomic E-state index is -0.0167. The Labute approximate surface area is 145 Å². The van der Waals surface area contributed by atoms with E-state index in [1.54, 1.807) is 18.6 Å². The van der Waals surface area contributed by atoms with E-state index in [0.29, 0.717) is 18.7 Å². The Morgan fingerprint density at radius 2 is 1.80 bits per heavy atom. The molecule has 1 amide bonds. The van der Waals surface area contributed by atoms with Crippen LogP contribution in [0.2, 0.25) is 0 Å². The molecule has 2 aromatic heterocycles. The molecule has 124 valence electrons. The monoisotopic (exact) mass is 331 g/mol. The van der Waals surface area contributed by atoms with Gasteiger partial charge in [0, 0.05) is 36.3 Å². The van der Waals surface area contributed by atoms with Gasteiger partial charge in [0.2, 0.25) is 0 Å². The zero-order valence-corrected chi connectivity index (χ0v) is 13.7. The summed E-state index contributed by atoms with van der Waals surface area (Å²) < 4.78 is 0. The first-order valence-corrected chi connectivity index (χ1v) is 8.27. The van der Waals surface area contributed by atoms with Gasteiger partial charge in [0.15, 0.2) is 0 Å². The van der Waals surface area contributed by atoms with Gasteiger partial charge in [0.1, 0.15) is 6.33 Å². The Kier molecular flexibility index (Phi) is 4.16. The van der Waals surface area contributed by atoms with Crippen LogP contribution in [-0.4, -0.2) is 44.1 Å². The van der Waals surface area contributed by atoms with E-state index in [1.807, 2.05) is 23.1 Å². The molecule has 0 saturated heterocycles. The summed E-state index contributed by atoms with van der Waals surface area (Å²) in [6.45, 7) is 1.28. The van der Waals surface area contributed by atoms with Crippen molar-refractivity contribution in [1.29, 1.82) is 0 Å². The molecule has 0 N–H and O–H groups in total. The number of hydrogen-bond donors (Lipinski definition) is 0. The summed E-state index contributed by atoms with van der Waals surface area (Å²) in [6.07, 6.45) is 6.13. The third kappa shape index (κ3) is 3.10. The van der Waals surface area contributed by atoms with Crippen LogP contribution >= 0.6 is 0 Å². The highest BCUT2D eigenvalue weighted by molar-refractivity contribution is 5.93. The second-order valence-corrected chi connectivity index (χ2v) is 5.94. The van der Waals surface area contributed by atoms with Crippen molar-refractivity contribution in [3.63, 3.8) is 0 Å². The smallest absolute Gasteiger partial charge is 0.255 e. The zero-order valence-electron chi connectivity index (χ0n) is 13.7. The standard InChI is InChI=1S/C19H17N5O/c25-19(15-6-9-22-23-12-15)24-10-7-16-17(8-11-24)20-13-21-18(16)14-4-2-1-3-5-14/h1-6,9,12-13H,7-8,10-11H2. The molecule has 0 saturated carbocycles. The number of rotatable bonds is 2. The highest BCUT2D eigenvalue weighted by Gasteiger charge is 2.23. The second-order valence-electron chi connectivity index (χ2n) is 5.94. The minimum Gasteiger partial charge on any atom is -0.338 e. The summed E-state index contributed by atoms with van der Waals surface area (Å²) in [5.74, 6) is -0.0167. The van der Waals surface area contributed by atoms with Crippen molar-refractivity contribution in [2.45, 2.75) is 12.8 Å². The van der Waals surface area contributed by atoms with E-state index in [1.165, 1.54) is 6.20 Å². The van der Waals surface area contributed by atoms with E-state index in [0.717, 1.165) is 35.4 Å². The van der Waals surface area contributed by atoms with Crippen LogP contribution in [0.1, 0.15) is 21.6 Å². The van der Waals surface area contributed by atoms with E-state index < -0.39 is 0 Å². The van der Waals surface area contributed by atoms with Gasteiger partial charge < -0.3 is 4.90 Å². The van der Waals surface area contributed by atoms with Crippen molar-refractivity contribution in [2.75, 3.05) is 13.1 Å². The van der Waals surface area contributed by atoms with Crippen molar-refractivity contribution < 1.29 is 4.79 Å². The first-order valence-electron chi connectivity index (χ1n) is 8.27. The topological polar surface area (TPSA) is 71.9 Å². The fourth-order valence-electron chi connectivity index (χ4n) is 3.17. The first-order chi connectivity index (χ1) is 12.3. The Morgan fingerprint density at radius 1 is 0.960 bits per heavy atom. The van der Waals surface area contributed by atoms with Gasteiger partial charge in [-0.1, -0.05) is 30.3 Å². The van der Waals surface area contributed by atoms with Crippen LogP contribution in [0, 0.1) is 0 Å². The van der Waals surface area contributed by atoms with Crippen LogP contribution in [0.25, 0.3) is 11.3 Å². The fraction of sp³-hybridized carbons (Fsp3) is 0.211. The van der Waals surface area contributed by atoms with Crippen molar-refractivity contribution in [3.05, 3.63) is 71.9 Å². The van der Waals surface area contributed by atoms with E-state index in [9.17, 15) is 4.79 Å². The molecule has 25 heavy (non-hydrogen) atoms. The van der Waals surface area contributed by atoms with Crippen LogP contribution in [0.3, 0.4) is 0 Å². The summed E-state index contributed by atoms with van der Waals surface area (Å²) in [6, 6.07) is 11.8. The van der Waals surface area contributed by atoms with Gasteiger partial charge in [-0.05, 0) is 12.5 Å². The Bertz CT molecular complexity index is 883. The molecule has 0 spiro atoms. The minimum absolute atomic E-state index is 0.0167. The molecule has 0 unspecified atom stereocenters. The molecule has 0 radical (unpaired) electrons. The van der Waals surface area contributed by atoms with Gasteiger partial charge in [0.25, 0.3) is 5.91 Å². The normalized spacial score (nSPS) is 13.8. The molecule has 3 heterocycles. The Morgan fingerprint density at radius 3 is 2.60 bits per heavy atom. The van der Waals surface area contributed by atoms with Crippen molar-refractivity contribution in [2.24, 2.45) is 0 Å². The number of nitrogens with zero attached hydrogens (tertiary/aromatic N) is 5. The Balaban J connectivity index is 1.61. The highest BCUT2D eigenvalue weighted by atomic mass is 16.2. The summed E-state index contributed by atoms with van der Waals surface area (Å²) in [7, 11) is 0. The van der Waals surface area contributed by atoms with Crippen LogP contribution < -0.4 is 0 Å². The number of carbonyl (C=O) groups excluding carboxylic acids is 1. The van der Waals surface area contributed by atoms with E-state index in [2.05, 4.69) is 32.3 Å². The van der Waals surface area contributed by atoms with Gasteiger partial charge in [-0.25, -0.2) is 9.97 Å². The molecular weight excluding hydrogens is 314 g/mol. The number of amides is 1. The molecule has 0 aliphatic carbocycles. The lowest BCUT2D eigenvalue weighted by Gasteiger charge is -2.19. The molecule has 1 aliphatic heterocycles. The largest absolute Gasteiger partial charge is 0.338 e. The second kappa shape index (κ2) is 6.76. The average molecular weight is 331 g/mol. The zero-order chi connectivity index (χ0) is 17.1. The molecule has 6 nitrogen and oxygen atoms in total. The van der Waals surface area contributed by atoms with Crippen LogP contribution in [0.5, 0.6) is 0 Å². The van der Waals surface area contributed by atoms with Crippen LogP contribution in [-0.2, 0) is 12.8 Å². The summed E-state index contributed by atoms with van der Waals surface area (Å²) in [5, 5.41) is 7.53. The predicted molar refractivity (Wildman–Crippen MR) is 92.8 cm³/mol. The molecule has 1 aromatic carbocycles. The Hall–Kier alpha value is -3.15. The lowest BCUT2D eigenvalue weighted by molar-refractivity contribution is 0.0762. The molecule has 4 rings (SSSR count).